The van der Waals surface area contributed by atoms with E-state index in [9.17, 15) is 27.6 Å². The van der Waals surface area contributed by atoms with Crippen LogP contribution in [-0.2, 0) is 14.3 Å². The van der Waals surface area contributed by atoms with E-state index in [0.717, 1.165) is 0 Å². The minimum atomic E-state index is -5.22. The molecule has 1 rings (SSSR count). The van der Waals surface area contributed by atoms with Crippen LogP contribution < -0.4 is 5.32 Å². The van der Waals surface area contributed by atoms with Crippen LogP contribution in [-0.4, -0.2) is 35.5 Å². The summed E-state index contributed by atoms with van der Waals surface area (Å²) in [5.74, 6) is -4.64. The molecule has 8 heteroatoms. The van der Waals surface area contributed by atoms with Gasteiger partial charge in [-0.25, -0.2) is 4.79 Å². The maximum absolute atomic E-state index is 12.4. The van der Waals surface area contributed by atoms with Crippen molar-refractivity contribution in [2.75, 3.05) is 0 Å². The summed E-state index contributed by atoms with van der Waals surface area (Å²) >= 11 is 0. The number of benzene rings is 1. The van der Waals surface area contributed by atoms with Crippen LogP contribution in [0.4, 0.5) is 13.2 Å². The highest BCUT2D eigenvalue weighted by Crippen LogP contribution is 2.17. The summed E-state index contributed by atoms with van der Waals surface area (Å²) in [5, 5.41) is 1.39. The smallest absolute Gasteiger partial charge is 0.458 e. The van der Waals surface area contributed by atoms with E-state index in [2.05, 4.69) is 0 Å². The van der Waals surface area contributed by atoms with E-state index in [4.69, 9.17) is 4.74 Å². The fourth-order valence-corrected chi connectivity index (χ4v) is 1.57. The first-order chi connectivity index (χ1) is 10.4. The molecule has 0 aliphatic heterocycles. The molecule has 0 radical (unpaired) electrons. The molecule has 0 bridgehead atoms. The Hall–Kier alpha value is -2.38. The summed E-state index contributed by atoms with van der Waals surface area (Å²) in [7, 11) is 0. The molecule has 1 aromatic carbocycles. The number of ether oxygens (including phenoxy) is 1. The standard InChI is InChI=1S/C15H16F3NO4/c1-14(2,3)23-12(21)10(19-13(22)15(16,17)18)11(20)9-7-5-4-6-8-9/h4-8,10H,1-3H3,(H,19,22)/t10-/m0/s1. The Balaban J connectivity index is 3.08. The van der Waals surface area contributed by atoms with E-state index in [1.807, 2.05) is 0 Å². The molecular weight excluding hydrogens is 315 g/mol. The molecule has 0 aliphatic rings. The average molecular weight is 331 g/mol. The Morgan fingerprint density at radius 2 is 1.57 bits per heavy atom. The number of hydrogen-bond donors (Lipinski definition) is 1. The number of nitrogens with one attached hydrogen (secondary N) is 1. The minimum absolute atomic E-state index is 0.0224. The van der Waals surface area contributed by atoms with Crippen molar-refractivity contribution in [2.45, 2.75) is 38.6 Å². The molecule has 0 fully saturated rings. The summed E-state index contributed by atoms with van der Waals surface area (Å²) in [6, 6.07) is 5.10. The first-order valence-corrected chi connectivity index (χ1v) is 6.61. The topological polar surface area (TPSA) is 72.5 Å². The number of hydrogen-bond acceptors (Lipinski definition) is 4. The van der Waals surface area contributed by atoms with Crippen molar-refractivity contribution in [2.24, 2.45) is 0 Å². The number of carbonyl (C=O) groups excluding carboxylic acids is 3. The molecule has 0 aliphatic carbocycles. The van der Waals surface area contributed by atoms with E-state index in [-0.39, 0.29) is 5.56 Å². The Bertz CT molecular complexity index is 591. The second-order valence-electron chi connectivity index (χ2n) is 5.67. The Kier molecular flexibility index (Phi) is 5.52. The van der Waals surface area contributed by atoms with Gasteiger partial charge in [0.15, 0.2) is 11.8 Å². The predicted molar refractivity (Wildman–Crippen MR) is 74.6 cm³/mol. The zero-order valence-electron chi connectivity index (χ0n) is 12.7. The van der Waals surface area contributed by atoms with E-state index in [1.54, 1.807) is 6.07 Å². The molecule has 0 saturated heterocycles. The van der Waals surface area contributed by atoms with Gasteiger partial charge in [0.25, 0.3) is 0 Å². The summed E-state index contributed by atoms with van der Waals surface area (Å²) in [6.45, 7) is 4.46. The number of halogens is 3. The van der Waals surface area contributed by atoms with Gasteiger partial charge >= 0.3 is 18.1 Å². The van der Waals surface area contributed by atoms with E-state index in [1.165, 1.54) is 50.4 Å². The highest BCUT2D eigenvalue weighted by molar-refractivity contribution is 6.14. The fourth-order valence-electron chi connectivity index (χ4n) is 1.57. The Labute approximate surface area is 130 Å². The number of carbonyl (C=O) groups is 3. The largest absolute Gasteiger partial charge is 0.471 e. The zero-order chi connectivity index (χ0) is 17.8. The summed E-state index contributed by atoms with van der Waals surface area (Å²) in [6.07, 6.45) is -5.22. The molecular formula is C15H16F3NO4. The van der Waals surface area contributed by atoms with Gasteiger partial charge in [0.05, 0.1) is 0 Å². The van der Waals surface area contributed by atoms with E-state index < -0.39 is 35.5 Å². The van der Waals surface area contributed by atoms with Crippen molar-refractivity contribution < 1.29 is 32.3 Å². The lowest BCUT2D eigenvalue weighted by Crippen LogP contribution is -2.52. The first kappa shape index (κ1) is 18.7. The molecule has 0 heterocycles. The van der Waals surface area contributed by atoms with Gasteiger partial charge in [0.2, 0.25) is 0 Å². The minimum Gasteiger partial charge on any atom is -0.458 e. The summed E-state index contributed by atoms with van der Waals surface area (Å²) < 4.78 is 42.1. The van der Waals surface area contributed by atoms with Crippen molar-refractivity contribution in [1.82, 2.24) is 5.32 Å². The molecule has 126 valence electrons. The number of esters is 1. The van der Waals surface area contributed by atoms with E-state index in [0.29, 0.717) is 0 Å². The lowest BCUT2D eigenvalue weighted by molar-refractivity contribution is -0.176. The van der Waals surface area contributed by atoms with Gasteiger partial charge in [-0.15, -0.1) is 0 Å². The summed E-state index contributed by atoms with van der Waals surface area (Å²) in [5.41, 5.74) is -1.05. The molecule has 0 aromatic heterocycles. The number of rotatable bonds is 4. The van der Waals surface area contributed by atoms with Crippen LogP contribution in [0.1, 0.15) is 31.1 Å². The normalized spacial score (nSPS) is 13.1. The highest BCUT2D eigenvalue weighted by Gasteiger charge is 2.43. The van der Waals surface area contributed by atoms with Gasteiger partial charge < -0.3 is 10.1 Å². The number of amides is 1. The molecule has 5 nitrogen and oxygen atoms in total. The Morgan fingerprint density at radius 1 is 1.04 bits per heavy atom. The first-order valence-electron chi connectivity index (χ1n) is 6.61. The summed E-state index contributed by atoms with van der Waals surface area (Å²) in [4.78, 5) is 35.3. The molecule has 0 saturated carbocycles. The number of alkyl halides is 3. The number of ketones is 1. The highest BCUT2D eigenvalue weighted by atomic mass is 19.4. The molecule has 1 amide bonds. The molecule has 1 aromatic rings. The third kappa shape index (κ3) is 5.72. The molecule has 1 N–H and O–H groups in total. The second kappa shape index (κ2) is 6.80. The zero-order valence-corrected chi connectivity index (χ0v) is 12.7. The van der Waals surface area contributed by atoms with Gasteiger partial charge in [-0.1, -0.05) is 30.3 Å². The van der Waals surface area contributed by atoms with Crippen LogP contribution in [0.25, 0.3) is 0 Å². The van der Waals surface area contributed by atoms with Crippen LogP contribution in [0, 0.1) is 0 Å². The third-order valence-corrected chi connectivity index (χ3v) is 2.50. The van der Waals surface area contributed by atoms with Crippen molar-refractivity contribution >= 4 is 17.7 Å². The van der Waals surface area contributed by atoms with Gasteiger partial charge in [-0.2, -0.15) is 13.2 Å². The molecule has 1 atom stereocenters. The van der Waals surface area contributed by atoms with Crippen LogP contribution in [0.15, 0.2) is 30.3 Å². The monoisotopic (exact) mass is 331 g/mol. The SMILES string of the molecule is CC(C)(C)OC(=O)[C@@H](NC(=O)C(F)(F)F)C(=O)c1ccccc1. The van der Waals surface area contributed by atoms with Crippen molar-refractivity contribution in [1.29, 1.82) is 0 Å². The van der Waals surface area contributed by atoms with Crippen LogP contribution in [0.3, 0.4) is 0 Å². The van der Waals surface area contributed by atoms with Crippen molar-refractivity contribution in [3.63, 3.8) is 0 Å². The van der Waals surface area contributed by atoms with Crippen molar-refractivity contribution in [3.05, 3.63) is 35.9 Å². The van der Waals surface area contributed by atoms with Crippen molar-refractivity contribution in [3.8, 4) is 0 Å². The maximum atomic E-state index is 12.4. The second-order valence-corrected chi connectivity index (χ2v) is 5.67. The molecule has 0 unspecified atom stereocenters. The predicted octanol–water partition coefficient (Wildman–Crippen LogP) is 2.26. The molecule has 0 spiro atoms. The lowest BCUT2D eigenvalue weighted by atomic mass is 10.0. The number of Topliss-reactive ketones (excluding diaryl/α,β-unsaturated/α-hetero) is 1. The third-order valence-electron chi connectivity index (χ3n) is 2.50. The molecule has 23 heavy (non-hydrogen) atoms. The van der Waals surface area contributed by atoms with Gasteiger partial charge in [-0.05, 0) is 20.8 Å². The average Bonchev–Trinajstić information content (AvgIpc) is 2.41. The fraction of sp³-hybridized carbons (Fsp3) is 0.400. The van der Waals surface area contributed by atoms with Crippen LogP contribution in [0.5, 0.6) is 0 Å². The van der Waals surface area contributed by atoms with E-state index >= 15 is 0 Å². The van der Waals surface area contributed by atoms with Crippen LogP contribution in [0.2, 0.25) is 0 Å². The van der Waals surface area contributed by atoms with Gasteiger partial charge in [0, 0.05) is 5.56 Å². The lowest BCUT2D eigenvalue weighted by Gasteiger charge is -2.24. The van der Waals surface area contributed by atoms with Gasteiger partial charge in [0.1, 0.15) is 5.60 Å². The van der Waals surface area contributed by atoms with Gasteiger partial charge in [-0.3, -0.25) is 9.59 Å². The maximum Gasteiger partial charge on any atom is 0.471 e. The quantitative estimate of drug-likeness (QED) is 0.522. The Morgan fingerprint density at radius 3 is 2.00 bits per heavy atom. The van der Waals surface area contributed by atoms with Crippen LogP contribution >= 0.6 is 0 Å².